The molecule has 0 bridgehead atoms. The Labute approximate surface area is 186 Å². The standard InChI is InChI=1S/C25H27F2N3O2/c1-3-29(4-2)25-22(23(28-32-25)18-10-12-20(26)13-11-18)16-30(15-17-8-9-17)24(31)19-6-5-7-21(27)14-19/h5-7,10-14,17H,3-4,8-9,15-16H2,1-2H3. The highest BCUT2D eigenvalue weighted by Crippen LogP contribution is 2.35. The molecule has 32 heavy (non-hydrogen) atoms. The second-order valence-electron chi connectivity index (χ2n) is 8.13. The molecule has 3 aromatic rings. The van der Waals surface area contributed by atoms with E-state index in [-0.39, 0.29) is 18.3 Å². The molecule has 0 radical (unpaired) electrons. The summed E-state index contributed by atoms with van der Waals surface area (Å²) in [6.07, 6.45) is 2.15. The number of carbonyl (C=O) groups is 1. The van der Waals surface area contributed by atoms with Gasteiger partial charge in [-0.3, -0.25) is 4.79 Å². The fourth-order valence-electron chi connectivity index (χ4n) is 3.86. The van der Waals surface area contributed by atoms with Crippen LogP contribution >= 0.6 is 0 Å². The van der Waals surface area contributed by atoms with Crippen molar-refractivity contribution in [3.63, 3.8) is 0 Å². The fourth-order valence-corrected chi connectivity index (χ4v) is 3.86. The summed E-state index contributed by atoms with van der Waals surface area (Å²) in [6.45, 7) is 6.32. The van der Waals surface area contributed by atoms with E-state index in [0.717, 1.165) is 18.4 Å². The Morgan fingerprint density at radius 2 is 1.78 bits per heavy atom. The number of amides is 1. The van der Waals surface area contributed by atoms with Crippen LogP contribution in [-0.4, -0.2) is 35.6 Å². The van der Waals surface area contributed by atoms with Gasteiger partial charge >= 0.3 is 0 Å². The summed E-state index contributed by atoms with van der Waals surface area (Å²) in [5.74, 6) is 0.0382. The highest BCUT2D eigenvalue weighted by molar-refractivity contribution is 5.94. The lowest BCUT2D eigenvalue weighted by Gasteiger charge is -2.25. The van der Waals surface area contributed by atoms with Gasteiger partial charge in [-0.2, -0.15) is 0 Å². The van der Waals surface area contributed by atoms with Crippen LogP contribution in [0.1, 0.15) is 42.6 Å². The van der Waals surface area contributed by atoms with E-state index in [4.69, 9.17) is 4.52 Å². The van der Waals surface area contributed by atoms with Crippen molar-refractivity contribution in [3.05, 3.63) is 71.3 Å². The van der Waals surface area contributed by atoms with E-state index in [1.807, 2.05) is 18.7 Å². The number of hydrogen-bond acceptors (Lipinski definition) is 4. The van der Waals surface area contributed by atoms with E-state index in [9.17, 15) is 13.6 Å². The molecule has 1 aliphatic carbocycles. The van der Waals surface area contributed by atoms with Crippen molar-refractivity contribution in [2.24, 2.45) is 5.92 Å². The normalized spacial score (nSPS) is 13.2. The molecule has 1 amide bonds. The summed E-state index contributed by atoms with van der Waals surface area (Å²) in [6, 6.07) is 11.8. The van der Waals surface area contributed by atoms with Crippen molar-refractivity contribution in [1.29, 1.82) is 0 Å². The lowest BCUT2D eigenvalue weighted by molar-refractivity contribution is 0.0734. The fraction of sp³-hybridized carbons (Fsp3) is 0.360. The van der Waals surface area contributed by atoms with Crippen molar-refractivity contribution >= 4 is 11.8 Å². The van der Waals surface area contributed by atoms with Gasteiger partial charge in [0.05, 0.1) is 12.1 Å². The monoisotopic (exact) mass is 439 g/mol. The van der Waals surface area contributed by atoms with Gasteiger partial charge < -0.3 is 14.3 Å². The maximum absolute atomic E-state index is 13.8. The van der Waals surface area contributed by atoms with E-state index in [0.29, 0.717) is 48.3 Å². The maximum atomic E-state index is 13.8. The van der Waals surface area contributed by atoms with Crippen LogP contribution in [-0.2, 0) is 6.54 Å². The highest BCUT2D eigenvalue weighted by Gasteiger charge is 2.31. The molecule has 1 saturated carbocycles. The van der Waals surface area contributed by atoms with E-state index < -0.39 is 5.82 Å². The van der Waals surface area contributed by atoms with Gasteiger partial charge in [0.1, 0.15) is 17.3 Å². The zero-order chi connectivity index (χ0) is 22.7. The SMILES string of the molecule is CCN(CC)c1onc(-c2ccc(F)cc2)c1CN(CC1CC1)C(=O)c1cccc(F)c1. The molecule has 5 nitrogen and oxygen atoms in total. The van der Waals surface area contributed by atoms with Crippen LogP contribution in [0.25, 0.3) is 11.3 Å². The maximum Gasteiger partial charge on any atom is 0.254 e. The molecular weight excluding hydrogens is 412 g/mol. The Balaban J connectivity index is 1.73. The second-order valence-corrected chi connectivity index (χ2v) is 8.13. The minimum Gasteiger partial charge on any atom is -0.341 e. The van der Waals surface area contributed by atoms with Crippen LogP contribution in [0.3, 0.4) is 0 Å². The van der Waals surface area contributed by atoms with Gasteiger partial charge in [0.2, 0.25) is 5.88 Å². The van der Waals surface area contributed by atoms with Crippen LogP contribution in [0.5, 0.6) is 0 Å². The molecule has 0 atom stereocenters. The van der Waals surface area contributed by atoms with E-state index in [1.54, 1.807) is 29.2 Å². The molecule has 0 aliphatic heterocycles. The molecule has 0 unspecified atom stereocenters. The molecule has 1 fully saturated rings. The summed E-state index contributed by atoms with van der Waals surface area (Å²) in [7, 11) is 0. The number of rotatable bonds is 9. The van der Waals surface area contributed by atoms with Gasteiger partial charge in [0, 0.05) is 30.8 Å². The number of aromatic nitrogens is 1. The Morgan fingerprint density at radius 1 is 1.06 bits per heavy atom. The minimum absolute atomic E-state index is 0.229. The highest BCUT2D eigenvalue weighted by atomic mass is 19.1. The first-order chi connectivity index (χ1) is 15.5. The largest absolute Gasteiger partial charge is 0.341 e. The zero-order valence-corrected chi connectivity index (χ0v) is 18.4. The van der Waals surface area contributed by atoms with E-state index in [1.165, 1.54) is 24.3 Å². The predicted octanol–water partition coefficient (Wildman–Crippen LogP) is 5.52. The second kappa shape index (κ2) is 9.51. The van der Waals surface area contributed by atoms with E-state index in [2.05, 4.69) is 5.16 Å². The average molecular weight is 440 g/mol. The summed E-state index contributed by atoms with van der Waals surface area (Å²) in [5.41, 5.74) is 2.38. The van der Waals surface area contributed by atoms with Gasteiger partial charge in [-0.05, 0) is 75.1 Å². The minimum atomic E-state index is -0.442. The Bertz CT molecular complexity index is 1070. The summed E-state index contributed by atoms with van der Waals surface area (Å²) in [4.78, 5) is 17.1. The summed E-state index contributed by atoms with van der Waals surface area (Å²) < 4.78 is 33.0. The molecule has 0 N–H and O–H groups in total. The Hall–Kier alpha value is -3.22. The van der Waals surface area contributed by atoms with Crippen LogP contribution < -0.4 is 4.90 Å². The lowest BCUT2D eigenvalue weighted by Crippen LogP contribution is -2.33. The van der Waals surface area contributed by atoms with Gasteiger partial charge in [-0.25, -0.2) is 8.78 Å². The molecule has 2 aromatic carbocycles. The average Bonchev–Trinajstić information content (AvgIpc) is 3.53. The van der Waals surface area contributed by atoms with Gasteiger partial charge in [0.15, 0.2) is 0 Å². The predicted molar refractivity (Wildman–Crippen MR) is 119 cm³/mol. The third kappa shape index (κ3) is 4.82. The third-order valence-electron chi connectivity index (χ3n) is 5.82. The number of hydrogen-bond donors (Lipinski definition) is 0. The zero-order valence-electron chi connectivity index (χ0n) is 18.4. The molecule has 4 rings (SSSR count). The van der Waals surface area contributed by atoms with E-state index >= 15 is 0 Å². The third-order valence-corrected chi connectivity index (χ3v) is 5.82. The lowest BCUT2D eigenvalue weighted by atomic mass is 10.1. The molecule has 1 aromatic heterocycles. The Kier molecular flexibility index (Phi) is 6.53. The topological polar surface area (TPSA) is 49.6 Å². The number of anilines is 1. The molecule has 1 aliphatic rings. The molecular formula is C25H27F2N3O2. The first-order valence-corrected chi connectivity index (χ1v) is 11.0. The number of carbonyl (C=O) groups excluding carboxylic acids is 1. The molecule has 0 spiro atoms. The first-order valence-electron chi connectivity index (χ1n) is 11.0. The molecule has 7 heteroatoms. The van der Waals surface area contributed by atoms with Crippen LogP contribution in [0.15, 0.2) is 53.1 Å². The van der Waals surface area contributed by atoms with Crippen molar-refractivity contribution in [3.8, 4) is 11.3 Å². The van der Waals surface area contributed by atoms with Crippen molar-refractivity contribution in [2.45, 2.75) is 33.2 Å². The van der Waals surface area contributed by atoms with Crippen molar-refractivity contribution in [1.82, 2.24) is 10.1 Å². The Morgan fingerprint density at radius 3 is 2.41 bits per heavy atom. The van der Waals surface area contributed by atoms with Gasteiger partial charge in [-0.15, -0.1) is 0 Å². The van der Waals surface area contributed by atoms with Crippen LogP contribution in [0.4, 0.5) is 14.7 Å². The van der Waals surface area contributed by atoms with Crippen molar-refractivity contribution in [2.75, 3.05) is 24.5 Å². The number of halogens is 2. The van der Waals surface area contributed by atoms with Crippen LogP contribution in [0.2, 0.25) is 0 Å². The number of nitrogens with zero attached hydrogens (tertiary/aromatic N) is 3. The van der Waals surface area contributed by atoms with Gasteiger partial charge in [0.25, 0.3) is 5.91 Å². The van der Waals surface area contributed by atoms with Crippen molar-refractivity contribution < 1.29 is 18.1 Å². The molecule has 1 heterocycles. The van der Waals surface area contributed by atoms with Gasteiger partial charge in [-0.1, -0.05) is 11.2 Å². The molecule has 168 valence electrons. The smallest absolute Gasteiger partial charge is 0.254 e. The summed E-state index contributed by atoms with van der Waals surface area (Å²) in [5, 5.41) is 4.29. The van der Waals surface area contributed by atoms with Crippen LogP contribution in [0, 0.1) is 17.6 Å². The quantitative estimate of drug-likeness (QED) is 0.441. The molecule has 0 saturated heterocycles. The summed E-state index contributed by atoms with van der Waals surface area (Å²) >= 11 is 0. The number of benzene rings is 2. The first kappa shape index (κ1) is 22.0.